The second-order valence-corrected chi connectivity index (χ2v) is 5.64. The second kappa shape index (κ2) is 6.13. The number of alkyl halides is 3. The molecule has 1 aromatic carbocycles. The third-order valence-electron chi connectivity index (χ3n) is 3.27. The van der Waals surface area contributed by atoms with Crippen molar-refractivity contribution in [2.24, 2.45) is 5.92 Å². The van der Waals surface area contributed by atoms with Crippen LogP contribution in [0.1, 0.15) is 18.4 Å². The van der Waals surface area contributed by atoms with E-state index in [0.717, 1.165) is 32.0 Å². The number of anilines is 1. The molecule has 0 saturated carbocycles. The molecule has 1 unspecified atom stereocenters. The summed E-state index contributed by atoms with van der Waals surface area (Å²) in [5, 5.41) is 6.38. The van der Waals surface area contributed by atoms with Gasteiger partial charge in [-0.2, -0.15) is 13.2 Å². The molecule has 1 atom stereocenters. The van der Waals surface area contributed by atoms with Crippen molar-refractivity contribution in [1.82, 2.24) is 5.32 Å². The zero-order valence-corrected chi connectivity index (χ0v) is 11.9. The van der Waals surface area contributed by atoms with E-state index in [-0.39, 0.29) is 4.47 Å². The third kappa shape index (κ3) is 4.11. The van der Waals surface area contributed by atoms with E-state index >= 15 is 0 Å². The lowest BCUT2D eigenvalue weighted by molar-refractivity contribution is -0.138. The first-order chi connectivity index (χ1) is 8.97. The molecule has 19 heavy (non-hydrogen) atoms. The Labute approximate surface area is 118 Å². The van der Waals surface area contributed by atoms with E-state index in [2.05, 4.69) is 26.6 Å². The Morgan fingerprint density at radius 1 is 1.37 bits per heavy atom. The fourth-order valence-corrected chi connectivity index (χ4v) is 2.68. The highest BCUT2D eigenvalue weighted by molar-refractivity contribution is 9.10. The van der Waals surface area contributed by atoms with Crippen LogP contribution in [0.15, 0.2) is 22.7 Å². The smallest absolute Gasteiger partial charge is 0.385 e. The lowest BCUT2D eigenvalue weighted by Gasteiger charge is -2.23. The van der Waals surface area contributed by atoms with Gasteiger partial charge in [0.25, 0.3) is 0 Å². The number of hydrogen-bond acceptors (Lipinski definition) is 2. The minimum absolute atomic E-state index is 0.0740. The molecule has 1 aliphatic heterocycles. The fourth-order valence-electron chi connectivity index (χ4n) is 2.21. The molecule has 1 aliphatic rings. The molecule has 1 aromatic rings. The van der Waals surface area contributed by atoms with Crippen LogP contribution in [0.3, 0.4) is 0 Å². The SMILES string of the molecule is FC(F)(F)c1cc(NCC2CCCNC2)ccc1Br. The van der Waals surface area contributed by atoms with Crippen molar-refractivity contribution in [3.05, 3.63) is 28.2 Å². The molecule has 6 heteroatoms. The van der Waals surface area contributed by atoms with Crippen LogP contribution in [0.2, 0.25) is 0 Å². The molecule has 1 saturated heterocycles. The molecule has 0 amide bonds. The summed E-state index contributed by atoms with van der Waals surface area (Å²) in [4.78, 5) is 0. The maximum absolute atomic E-state index is 12.8. The average molecular weight is 337 g/mol. The molecule has 0 bridgehead atoms. The van der Waals surface area contributed by atoms with E-state index < -0.39 is 11.7 Å². The van der Waals surface area contributed by atoms with Crippen LogP contribution in [0.4, 0.5) is 18.9 Å². The fraction of sp³-hybridized carbons (Fsp3) is 0.538. The van der Waals surface area contributed by atoms with E-state index in [4.69, 9.17) is 0 Å². The summed E-state index contributed by atoms with van der Waals surface area (Å²) >= 11 is 2.94. The van der Waals surface area contributed by atoms with Crippen LogP contribution in [0.5, 0.6) is 0 Å². The first kappa shape index (κ1) is 14.7. The van der Waals surface area contributed by atoms with Gasteiger partial charge in [-0.1, -0.05) is 15.9 Å². The molecule has 2 nitrogen and oxygen atoms in total. The van der Waals surface area contributed by atoms with Crippen molar-refractivity contribution in [3.8, 4) is 0 Å². The molecule has 0 aliphatic carbocycles. The Bertz CT molecular complexity index is 428. The van der Waals surface area contributed by atoms with Crippen molar-refractivity contribution in [2.45, 2.75) is 19.0 Å². The summed E-state index contributed by atoms with van der Waals surface area (Å²) in [6, 6.07) is 4.25. The number of rotatable bonds is 3. The predicted molar refractivity (Wildman–Crippen MR) is 73.2 cm³/mol. The number of hydrogen-bond donors (Lipinski definition) is 2. The molecular formula is C13H16BrF3N2. The Hall–Kier alpha value is -0.750. The van der Waals surface area contributed by atoms with Crippen molar-refractivity contribution in [1.29, 1.82) is 0 Å². The van der Waals surface area contributed by atoms with Gasteiger partial charge in [-0.15, -0.1) is 0 Å². The minimum atomic E-state index is -4.33. The van der Waals surface area contributed by atoms with Crippen molar-refractivity contribution in [2.75, 3.05) is 25.0 Å². The Morgan fingerprint density at radius 3 is 2.79 bits per heavy atom. The van der Waals surface area contributed by atoms with Crippen molar-refractivity contribution in [3.63, 3.8) is 0 Å². The molecule has 2 rings (SSSR count). The Kier molecular flexibility index (Phi) is 4.73. The van der Waals surface area contributed by atoms with Gasteiger partial charge in [-0.25, -0.2) is 0 Å². The molecule has 0 spiro atoms. The van der Waals surface area contributed by atoms with E-state index in [0.29, 0.717) is 18.2 Å². The van der Waals surface area contributed by atoms with Crippen LogP contribution in [-0.4, -0.2) is 19.6 Å². The minimum Gasteiger partial charge on any atom is -0.385 e. The van der Waals surface area contributed by atoms with Crippen molar-refractivity contribution >= 4 is 21.6 Å². The van der Waals surface area contributed by atoms with Crippen LogP contribution >= 0.6 is 15.9 Å². The van der Waals surface area contributed by atoms with E-state index in [1.807, 2.05) is 0 Å². The van der Waals surface area contributed by atoms with Gasteiger partial charge in [0.05, 0.1) is 5.56 Å². The molecule has 0 aromatic heterocycles. The van der Waals surface area contributed by atoms with Gasteiger partial charge in [-0.3, -0.25) is 0 Å². The van der Waals surface area contributed by atoms with Gasteiger partial charge in [-0.05, 0) is 50.0 Å². The molecule has 2 N–H and O–H groups in total. The maximum Gasteiger partial charge on any atom is 0.417 e. The summed E-state index contributed by atoms with van der Waals surface area (Å²) in [7, 11) is 0. The van der Waals surface area contributed by atoms with Gasteiger partial charge in [0.15, 0.2) is 0 Å². The Balaban J connectivity index is 2.00. The van der Waals surface area contributed by atoms with E-state index in [1.165, 1.54) is 6.07 Å². The number of nitrogens with one attached hydrogen (secondary N) is 2. The van der Waals surface area contributed by atoms with Gasteiger partial charge in [0.2, 0.25) is 0 Å². The van der Waals surface area contributed by atoms with Crippen LogP contribution in [0.25, 0.3) is 0 Å². The molecular weight excluding hydrogens is 321 g/mol. The molecule has 1 heterocycles. The number of halogens is 4. The molecule has 1 fully saturated rings. The lowest BCUT2D eigenvalue weighted by atomic mass is 9.99. The van der Waals surface area contributed by atoms with Crippen molar-refractivity contribution < 1.29 is 13.2 Å². The third-order valence-corrected chi connectivity index (χ3v) is 3.96. The van der Waals surface area contributed by atoms with Gasteiger partial charge in [0, 0.05) is 16.7 Å². The average Bonchev–Trinajstić information content (AvgIpc) is 2.37. The number of benzene rings is 1. The molecule has 0 radical (unpaired) electrons. The highest BCUT2D eigenvalue weighted by Gasteiger charge is 2.33. The summed E-state index contributed by atoms with van der Waals surface area (Å²) in [5.41, 5.74) is -0.125. The first-order valence-electron chi connectivity index (χ1n) is 6.28. The summed E-state index contributed by atoms with van der Waals surface area (Å²) in [6.45, 7) is 2.66. The second-order valence-electron chi connectivity index (χ2n) is 4.79. The molecule has 106 valence electrons. The van der Waals surface area contributed by atoms with Gasteiger partial charge >= 0.3 is 6.18 Å². The summed E-state index contributed by atoms with van der Waals surface area (Å²) < 4.78 is 38.3. The monoisotopic (exact) mass is 336 g/mol. The highest BCUT2D eigenvalue weighted by atomic mass is 79.9. The van der Waals surface area contributed by atoms with Crippen LogP contribution < -0.4 is 10.6 Å². The summed E-state index contributed by atoms with van der Waals surface area (Å²) in [5.74, 6) is 0.478. The zero-order chi connectivity index (χ0) is 13.9. The maximum atomic E-state index is 12.8. The normalized spacial score (nSPS) is 20.3. The lowest BCUT2D eigenvalue weighted by Crippen LogP contribution is -2.33. The Morgan fingerprint density at radius 2 is 2.16 bits per heavy atom. The first-order valence-corrected chi connectivity index (χ1v) is 7.07. The number of piperidine rings is 1. The topological polar surface area (TPSA) is 24.1 Å². The van der Waals surface area contributed by atoms with Gasteiger partial charge in [0.1, 0.15) is 0 Å². The predicted octanol–water partition coefficient (Wildman–Crippen LogP) is 3.88. The van der Waals surface area contributed by atoms with E-state index in [1.54, 1.807) is 6.07 Å². The standard InChI is InChI=1S/C13H16BrF3N2/c14-12-4-3-10(6-11(12)13(15,16)17)19-8-9-2-1-5-18-7-9/h3-4,6,9,18-19H,1-2,5,7-8H2. The van der Waals surface area contributed by atoms with E-state index in [9.17, 15) is 13.2 Å². The zero-order valence-electron chi connectivity index (χ0n) is 10.4. The van der Waals surface area contributed by atoms with Crippen LogP contribution in [-0.2, 0) is 6.18 Å². The summed E-state index contributed by atoms with van der Waals surface area (Å²) in [6.07, 6.45) is -2.09. The highest BCUT2D eigenvalue weighted by Crippen LogP contribution is 2.36. The van der Waals surface area contributed by atoms with Gasteiger partial charge < -0.3 is 10.6 Å². The largest absolute Gasteiger partial charge is 0.417 e. The van der Waals surface area contributed by atoms with Crippen LogP contribution in [0, 0.1) is 5.92 Å². The quantitative estimate of drug-likeness (QED) is 0.875.